The maximum atomic E-state index is 11.0. The highest BCUT2D eigenvalue weighted by atomic mass is 32.1. The number of hydrogen-bond donors (Lipinski definition) is 2. The molecule has 100 valence electrons. The molecular weight excluding hydrogens is 246 g/mol. The van der Waals surface area contributed by atoms with Crippen LogP contribution in [-0.4, -0.2) is 17.1 Å². The van der Waals surface area contributed by atoms with Gasteiger partial charge in [0, 0.05) is 12.6 Å². The van der Waals surface area contributed by atoms with Crippen LogP contribution >= 0.6 is 11.3 Å². The number of aromatic carboxylic acids is 1. The van der Waals surface area contributed by atoms with Gasteiger partial charge in [-0.2, -0.15) is 0 Å². The summed E-state index contributed by atoms with van der Waals surface area (Å²) in [5.74, 6) is 0.707. The summed E-state index contributed by atoms with van der Waals surface area (Å²) in [6, 6.07) is 2.45. The molecule has 3 atom stereocenters. The van der Waals surface area contributed by atoms with Gasteiger partial charge in [-0.25, -0.2) is 4.79 Å². The van der Waals surface area contributed by atoms with Crippen molar-refractivity contribution >= 4 is 17.3 Å². The molecule has 3 unspecified atom stereocenters. The predicted octanol–water partition coefficient (Wildman–Crippen LogP) is 3.36. The number of thiophene rings is 1. The molecule has 1 aromatic heterocycles. The molecule has 4 heteroatoms. The molecule has 18 heavy (non-hydrogen) atoms. The van der Waals surface area contributed by atoms with Gasteiger partial charge in [-0.1, -0.05) is 20.3 Å². The summed E-state index contributed by atoms with van der Waals surface area (Å²) in [4.78, 5) is 11.5. The summed E-state index contributed by atoms with van der Waals surface area (Å²) in [7, 11) is 0. The first-order chi connectivity index (χ1) is 8.63. The number of carbonyl (C=O) groups is 1. The third-order valence-electron chi connectivity index (χ3n) is 4.25. The largest absolute Gasteiger partial charge is 0.477 e. The van der Waals surface area contributed by atoms with Crippen molar-refractivity contribution in [2.45, 2.75) is 45.7 Å². The molecule has 0 amide bonds. The standard InChI is InChI=1S/C14H21NO2S/c1-3-10-4-5-12(9(10)2)15-8-11-6-7-18-13(11)14(16)17/h6-7,9-10,12,15H,3-5,8H2,1-2H3,(H,16,17). The number of carboxylic acid groups (broad SMARTS) is 1. The summed E-state index contributed by atoms with van der Waals surface area (Å²) in [5.41, 5.74) is 0.916. The third kappa shape index (κ3) is 2.75. The Hall–Kier alpha value is -0.870. The highest BCUT2D eigenvalue weighted by Crippen LogP contribution is 2.34. The summed E-state index contributed by atoms with van der Waals surface area (Å²) >= 11 is 1.31. The van der Waals surface area contributed by atoms with Gasteiger partial charge in [0.05, 0.1) is 0 Å². The van der Waals surface area contributed by atoms with Crippen molar-refractivity contribution in [2.24, 2.45) is 11.8 Å². The lowest BCUT2D eigenvalue weighted by molar-refractivity contribution is 0.0701. The molecule has 0 aromatic carbocycles. The second kappa shape index (κ2) is 5.85. The topological polar surface area (TPSA) is 49.3 Å². The van der Waals surface area contributed by atoms with Crippen molar-refractivity contribution in [1.29, 1.82) is 0 Å². The van der Waals surface area contributed by atoms with E-state index in [0.717, 1.165) is 11.5 Å². The zero-order valence-electron chi connectivity index (χ0n) is 11.0. The lowest BCUT2D eigenvalue weighted by Gasteiger charge is -2.21. The van der Waals surface area contributed by atoms with Crippen LogP contribution in [0.1, 0.15) is 48.3 Å². The Kier molecular flexibility index (Phi) is 4.40. The van der Waals surface area contributed by atoms with Crippen molar-refractivity contribution in [1.82, 2.24) is 5.32 Å². The van der Waals surface area contributed by atoms with Gasteiger partial charge in [-0.15, -0.1) is 11.3 Å². The Morgan fingerprint density at radius 1 is 1.56 bits per heavy atom. The first kappa shape index (κ1) is 13.6. The number of nitrogens with one attached hydrogen (secondary N) is 1. The molecule has 2 N–H and O–H groups in total. The van der Waals surface area contributed by atoms with E-state index < -0.39 is 5.97 Å². The van der Waals surface area contributed by atoms with Crippen LogP contribution in [0.15, 0.2) is 11.4 Å². The van der Waals surface area contributed by atoms with Crippen molar-refractivity contribution in [3.05, 3.63) is 21.9 Å². The second-order valence-electron chi connectivity index (χ2n) is 5.17. The fourth-order valence-electron chi connectivity index (χ4n) is 3.02. The molecule has 0 aliphatic heterocycles. The van der Waals surface area contributed by atoms with Crippen LogP contribution in [0.3, 0.4) is 0 Å². The van der Waals surface area contributed by atoms with Crippen LogP contribution < -0.4 is 5.32 Å². The van der Waals surface area contributed by atoms with Crippen LogP contribution in [0, 0.1) is 11.8 Å². The average Bonchev–Trinajstić information content (AvgIpc) is 2.93. The smallest absolute Gasteiger partial charge is 0.346 e. The van der Waals surface area contributed by atoms with Crippen LogP contribution in [0.2, 0.25) is 0 Å². The van der Waals surface area contributed by atoms with Crippen LogP contribution in [0.5, 0.6) is 0 Å². The minimum Gasteiger partial charge on any atom is -0.477 e. The molecule has 0 radical (unpaired) electrons. The lowest BCUT2D eigenvalue weighted by Crippen LogP contribution is -2.32. The van der Waals surface area contributed by atoms with Crippen LogP contribution in [0.25, 0.3) is 0 Å². The van der Waals surface area contributed by atoms with E-state index in [1.807, 2.05) is 11.4 Å². The normalized spacial score (nSPS) is 27.6. The zero-order chi connectivity index (χ0) is 13.1. The van der Waals surface area contributed by atoms with E-state index in [4.69, 9.17) is 5.11 Å². The van der Waals surface area contributed by atoms with Crippen molar-refractivity contribution < 1.29 is 9.90 Å². The highest BCUT2D eigenvalue weighted by molar-refractivity contribution is 7.12. The van der Waals surface area contributed by atoms with E-state index in [1.54, 1.807) is 0 Å². The molecule has 1 saturated carbocycles. The van der Waals surface area contributed by atoms with Gasteiger partial charge in [0.15, 0.2) is 0 Å². The predicted molar refractivity (Wildman–Crippen MR) is 74.1 cm³/mol. The minimum atomic E-state index is -0.812. The Labute approximate surface area is 112 Å². The SMILES string of the molecule is CCC1CCC(NCc2ccsc2C(=O)O)C1C. The number of carboxylic acids is 1. The van der Waals surface area contributed by atoms with Crippen molar-refractivity contribution in [3.63, 3.8) is 0 Å². The number of hydrogen-bond acceptors (Lipinski definition) is 3. The van der Waals surface area contributed by atoms with Crippen LogP contribution in [-0.2, 0) is 6.54 Å². The summed E-state index contributed by atoms with van der Waals surface area (Å²) in [6.07, 6.45) is 3.76. The van der Waals surface area contributed by atoms with E-state index in [9.17, 15) is 4.79 Å². The van der Waals surface area contributed by atoms with Gasteiger partial charge in [0.1, 0.15) is 4.88 Å². The minimum absolute atomic E-state index is 0.472. The van der Waals surface area contributed by atoms with E-state index in [2.05, 4.69) is 19.2 Å². The van der Waals surface area contributed by atoms with E-state index in [0.29, 0.717) is 23.4 Å². The van der Waals surface area contributed by atoms with Gasteiger partial charge in [-0.3, -0.25) is 0 Å². The summed E-state index contributed by atoms with van der Waals surface area (Å²) < 4.78 is 0. The van der Waals surface area contributed by atoms with Crippen molar-refractivity contribution in [3.8, 4) is 0 Å². The Morgan fingerprint density at radius 3 is 2.94 bits per heavy atom. The molecule has 1 aliphatic carbocycles. The molecule has 0 saturated heterocycles. The van der Waals surface area contributed by atoms with Gasteiger partial charge in [0.2, 0.25) is 0 Å². The highest BCUT2D eigenvalue weighted by Gasteiger charge is 2.31. The molecule has 0 bridgehead atoms. The maximum absolute atomic E-state index is 11.0. The first-order valence-corrected chi connectivity index (χ1v) is 7.54. The summed E-state index contributed by atoms with van der Waals surface area (Å²) in [5, 5.41) is 14.5. The van der Waals surface area contributed by atoms with E-state index in [1.165, 1.54) is 30.6 Å². The van der Waals surface area contributed by atoms with E-state index in [-0.39, 0.29) is 0 Å². The Balaban J connectivity index is 1.92. The van der Waals surface area contributed by atoms with E-state index >= 15 is 0 Å². The maximum Gasteiger partial charge on any atom is 0.346 e. The summed E-state index contributed by atoms with van der Waals surface area (Å²) in [6.45, 7) is 5.24. The van der Waals surface area contributed by atoms with Crippen molar-refractivity contribution in [2.75, 3.05) is 0 Å². The Bertz CT molecular complexity index is 416. The molecule has 3 nitrogen and oxygen atoms in total. The molecule has 2 rings (SSSR count). The molecule has 1 heterocycles. The van der Waals surface area contributed by atoms with Gasteiger partial charge >= 0.3 is 5.97 Å². The monoisotopic (exact) mass is 267 g/mol. The fourth-order valence-corrected chi connectivity index (χ4v) is 3.78. The van der Waals surface area contributed by atoms with Gasteiger partial charge < -0.3 is 10.4 Å². The molecular formula is C14H21NO2S. The zero-order valence-corrected chi connectivity index (χ0v) is 11.8. The third-order valence-corrected chi connectivity index (χ3v) is 5.19. The van der Waals surface area contributed by atoms with Crippen LogP contribution in [0.4, 0.5) is 0 Å². The second-order valence-corrected chi connectivity index (χ2v) is 6.09. The molecule has 1 aliphatic rings. The Morgan fingerprint density at radius 2 is 2.33 bits per heavy atom. The lowest BCUT2D eigenvalue weighted by atomic mass is 9.93. The van der Waals surface area contributed by atoms with Gasteiger partial charge in [0.25, 0.3) is 0 Å². The molecule has 0 spiro atoms. The molecule has 1 fully saturated rings. The molecule has 1 aromatic rings. The first-order valence-electron chi connectivity index (χ1n) is 6.66. The fraction of sp³-hybridized carbons (Fsp3) is 0.643. The quantitative estimate of drug-likeness (QED) is 0.860. The number of rotatable bonds is 5. The van der Waals surface area contributed by atoms with Gasteiger partial charge in [-0.05, 0) is 41.7 Å². The average molecular weight is 267 g/mol.